The van der Waals surface area contributed by atoms with Crippen molar-refractivity contribution in [1.82, 2.24) is 9.80 Å². The van der Waals surface area contributed by atoms with E-state index in [1.807, 2.05) is 38.0 Å². The van der Waals surface area contributed by atoms with Gasteiger partial charge in [0.05, 0.1) is 0 Å². The first-order chi connectivity index (χ1) is 8.50. The predicted molar refractivity (Wildman–Crippen MR) is 73.0 cm³/mol. The fraction of sp³-hybridized carbons (Fsp3) is 0.357. The highest BCUT2D eigenvalue weighted by molar-refractivity contribution is 5.79. The van der Waals surface area contributed by atoms with E-state index in [0.29, 0.717) is 12.1 Å². The van der Waals surface area contributed by atoms with Crippen LogP contribution in [0.25, 0.3) is 0 Å². The summed E-state index contributed by atoms with van der Waals surface area (Å²) in [5, 5.41) is 0. The molecule has 0 aliphatic heterocycles. The SMILES string of the molecule is CN(C)C(=NCC#Cc1cccc(F)c1)N(C)C. The second kappa shape index (κ2) is 6.65. The number of hydrogen-bond donors (Lipinski definition) is 0. The molecule has 0 N–H and O–H groups in total. The molecule has 0 atom stereocenters. The van der Waals surface area contributed by atoms with Crippen LogP contribution < -0.4 is 0 Å². The van der Waals surface area contributed by atoms with Crippen molar-refractivity contribution in [2.45, 2.75) is 0 Å². The lowest BCUT2D eigenvalue weighted by Crippen LogP contribution is -2.35. The van der Waals surface area contributed by atoms with E-state index in [1.165, 1.54) is 12.1 Å². The van der Waals surface area contributed by atoms with Gasteiger partial charge in [0.2, 0.25) is 0 Å². The zero-order chi connectivity index (χ0) is 13.5. The number of halogens is 1. The molecule has 0 saturated carbocycles. The largest absolute Gasteiger partial charge is 0.349 e. The average Bonchev–Trinajstić information content (AvgIpc) is 2.27. The van der Waals surface area contributed by atoms with Gasteiger partial charge in [-0.15, -0.1) is 0 Å². The highest BCUT2D eigenvalue weighted by atomic mass is 19.1. The summed E-state index contributed by atoms with van der Waals surface area (Å²) in [7, 11) is 7.72. The molecule has 0 aliphatic rings. The monoisotopic (exact) mass is 247 g/mol. The van der Waals surface area contributed by atoms with Gasteiger partial charge in [0.15, 0.2) is 5.96 Å². The van der Waals surface area contributed by atoms with Gasteiger partial charge in [-0.25, -0.2) is 9.38 Å². The molecule has 0 spiro atoms. The van der Waals surface area contributed by atoms with E-state index < -0.39 is 0 Å². The van der Waals surface area contributed by atoms with E-state index >= 15 is 0 Å². The number of aliphatic imine (C=N–C) groups is 1. The Morgan fingerprint density at radius 2 is 1.89 bits per heavy atom. The van der Waals surface area contributed by atoms with Crippen LogP contribution in [0.2, 0.25) is 0 Å². The Labute approximate surface area is 108 Å². The lowest BCUT2D eigenvalue weighted by Gasteiger charge is -2.22. The molecule has 0 amide bonds. The summed E-state index contributed by atoms with van der Waals surface area (Å²) in [5.41, 5.74) is 0.668. The Bertz CT molecular complexity index is 471. The average molecular weight is 247 g/mol. The summed E-state index contributed by atoms with van der Waals surface area (Å²) in [6, 6.07) is 6.24. The molecule has 1 rings (SSSR count). The summed E-state index contributed by atoms with van der Waals surface area (Å²) in [6.45, 7) is 0.391. The maximum Gasteiger partial charge on any atom is 0.196 e. The molecule has 0 heterocycles. The van der Waals surface area contributed by atoms with Crippen LogP contribution in [0.4, 0.5) is 4.39 Å². The van der Waals surface area contributed by atoms with Gasteiger partial charge in [-0.05, 0) is 18.2 Å². The van der Waals surface area contributed by atoms with Gasteiger partial charge in [0.25, 0.3) is 0 Å². The second-order valence-corrected chi connectivity index (χ2v) is 4.22. The topological polar surface area (TPSA) is 18.8 Å². The van der Waals surface area contributed by atoms with Gasteiger partial charge < -0.3 is 9.80 Å². The van der Waals surface area contributed by atoms with Crippen LogP contribution in [0.5, 0.6) is 0 Å². The lowest BCUT2D eigenvalue weighted by atomic mass is 10.2. The fourth-order valence-electron chi connectivity index (χ4n) is 1.50. The summed E-state index contributed by atoms with van der Waals surface area (Å²) in [6.07, 6.45) is 0. The summed E-state index contributed by atoms with van der Waals surface area (Å²) >= 11 is 0. The van der Waals surface area contributed by atoms with Crippen LogP contribution in [-0.2, 0) is 0 Å². The second-order valence-electron chi connectivity index (χ2n) is 4.22. The minimum Gasteiger partial charge on any atom is -0.349 e. The number of hydrogen-bond acceptors (Lipinski definition) is 1. The van der Waals surface area contributed by atoms with Crippen molar-refractivity contribution in [1.29, 1.82) is 0 Å². The van der Waals surface area contributed by atoms with Crippen molar-refractivity contribution in [2.24, 2.45) is 4.99 Å². The molecule has 4 heteroatoms. The molecule has 0 fully saturated rings. The Balaban J connectivity index is 2.69. The first-order valence-electron chi connectivity index (χ1n) is 5.64. The Morgan fingerprint density at radius 1 is 1.22 bits per heavy atom. The smallest absolute Gasteiger partial charge is 0.196 e. The molecule has 0 saturated heterocycles. The van der Waals surface area contributed by atoms with Crippen LogP contribution >= 0.6 is 0 Å². The number of rotatable bonds is 1. The van der Waals surface area contributed by atoms with E-state index in [0.717, 1.165) is 5.96 Å². The Morgan fingerprint density at radius 3 is 2.44 bits per heavy atom. The quantitative estimate of drug-likeness (QED) is 0.427. The molecule has 1 aromatic carbocycles. The summed E-state index contributed by atoms with van der Waals surface area (Å²) in [4.78, 5) is 8.20. The maximum absolute atomic E-state index is 12.9. The molecular formula is C14H18FN3. The zero-order valence-electron chi connectivity index (χ0n) is 11.2. The van der Waals surface area contributed by atoms with Gasteiger partial charge in [0.1, 0.15) is 12.4 Å². The van der Waals surface area contributed by atoms with Crippen molar-refractivity contribution in [3.8, 4) is 11.8 Å². The first kappa shape index (κ1) is 14.0. The summed E-state index contributed by atoms with van der Waals surface area (Å²) < 4.78 is 12.9. The molecule has 0 unspecified atom stereocenters. The van der Waals surface area contributed by atoms with Crippen LogP contribution in [-0.4, -0.2) is 50.5 Å². The highest BCUT2D eigenvalue weighted by Crippen LogP contribution is 2.01. The number of benzene rings is 1. The lowest BCUT2D eigenvalue weighted by molar-refractivity contribution is 0.481. The first-order valence-corrected chi connectivity index (χ1v) is 5.64. The van der Waals surface area contributed by atoms with E-state index in [1.54, 1.807) is 12.1 Å². The Kier molecular flexibility index (Phi) is 5.19. The predicted octanol–water partition coefficient (Wildman–Crippen LogP) is 1.66. The third-order valence-corrected chi connectivity index (χ3v) is 2.16. The molecule has 0 aliphatic carbocycles. The summed E-state index contributed by atoms with van der Waals surface area (Å²) in [5.74, 6) is 6.38. The van der Waals surface area contributed by atoms with Crippen molar-refractivity contribution in [3.05, 3.63) is 35.6 Å². The fourth-order valence-corrected chi connectivity index (χ4v) is 1.50. The minimum atomic E-state index is -0.271. The number of nitrogens with zero attached hydrogens (tertiary/aromatic N) is 3. The third-order valence-electron chi connectivity index (χ3n) is 2.16. The molecule has 0 aromatic heterocycles. The van der Waals surface area contributed by atoms with Crippen molar-refractivity contribution in [3.63, 3.8) is 0 Å². The molecule has 0 radical (unpaired) electrons. The van der Waals surface area contributed by atoms with Gasteiger partial charge >= 0.3 is 0 Å². The van der Waals surface area contributed by atoms with E-state index in [9.17, 15) is 4.39 Å². The van der Waals surface area contributed by atoms with Crippen molar-refractivity contribution >= 4 is 5.96 Å². The Hall–Kier alpha value is -2.02. The van der Waals surface area contributed by atoms with Gasteiger partial charge in [-0.3, -0.25) is 0 Å². The van der Waals surface area contributed by atoms with Crippen LogP contribution in [0, 0.1) is 17.7 Å². The molecular weight excluding hydrogens is 229 g/mol. The minimum absolute atomic E-state index is 0.271. The maximum atomic E-state index is 12.9. The molecule has 0 bridgehead atoms. The standard InChI is InChI=1S/C14H18FN3/c1-17(2)14(18(3)4)16-10-6-8-12-7-5-9-13(15)11-12/h5,7,9,11H,10H2,1-4H3. The molecule has 18 heavy (non-hydrogen) atoms. The highest BCUT2D eigenvalue weighted by Gasteiger charge is 2.01. The van der Waals surface area contributed by atoms with Gasteiger partial charge in [-0.2, -0.15) is 0 Å². The molecule has 96 valence electrons. The third kappa shape index (κ3) is 4.46. The number of guanidine groups is 1. The van der Waals surface area contributed by atoms with Crippen molar-refractivity contribution in [2.75, 3.05) is 34.7 Å². The van der Waals surface area contributed by atoms with Crippen LogP contribution in [0.15, 0.2) is 29.3 Å². The van der Waals surface area contributed by atoms with Crippen LogP contribution in [0.1, 0.15) is 5.56 Å². The van der Waals surface area contributed by atoms with E-state index in [-0.39, 0.29) is 5.82 Å². The van der Waals surface area contributed by atoms with Gasteiger partial charge in [-0.1, -0.05) is 17.9 Å². The van der Waals surface area contributed by atoms with E-state index in [2.05, 4.69) is 16.8 Å². The normalized spacial score (nSPS) is 9.17. The molecule has 1 aromatic rings. The van der Waals surface area contributed by atoms with Crippen molar-refractivity contribution < 1.29 is 4.39 Å². The van der Waals surface area contributed by atoms with E-state index in [4.69, 9.17) is 0 Å². The molecule has 3 nitrogen and oxygen atoms in total. The van der Waals surface area contributed by atoms with Crippen LogP contribution in [0.3, 0.4) is 0 Å². The van der Waals surface area contributed by atoms with Gasteiger partial charge in [0, 0.05) is 33.8 Å². The zero-order valence-corrected chi connectivity index (χ0v) is 11.2.